The molecular weight excluding hydrogens is 138 g/mol. The van der Waals surface area contributed by atoms with Crippen LogP contribution in [0.25, 0.3) is 0 Å². The predicted octanol–water partition coefficient (Wildman–Crippen LogP) is 1.31. The van der Waals surface area contributed by atoms with Crippen molar-refractivity contribution < 1.29 is 4.79 Å². The lowest BCUT2D eigenvalue weighted by atomic mass is 10.1. The quantitative estimate of drug-likeness (QED) is 0.612. The predicted molar refractivity (Wildman–Crippen MR) is 45.5 cm³/mol. The molecule has 2 heteroatoms. The maximum absolute atomic E-state index is 11.2. The molecule has 0 bridgehead atoms. The first-order valence-corrected chi connectivity index (χ1v) is 4.45. The normalized spacial score (nSPS) is 25.0. The maximum Gasteiger partial charge on any atom is 0.137 e. The van der Waals surface area contributed by atoms with Gasteiger partial charge in [0.2, 0.25) is 0 Å². The Balaban J connectivity index is 2.30. The standard InChI is InChI=1S/C9H17NO/c1-3-10(2)7-8-5-4-6-9(8)11/h8H,3-7H2,1-2H3. The van der Waals surface area contributed by atoms with Crippen molar-refractivity contribution in [2.75, 3.05) is 20.1 Å². The number of carbonyl (C=O) groups is 1. The molecule has 11 heavy (non-hydrogen) atoms. The van der Waals surface area contributed by atoms with Crippen LogP contribution in [0.2, 0.25) is 0 Å². The minimum absolute atomic E-state index is 0.347. The van der Waals surface area contributed by atoms with Gasteiger partial charge in [0.1, 0.15) is 5.78 Å². The first-order valence-electron chi connectivity index (χ1n) is 4.45. The molecule has 0 aromatic rings. The molecule has 1 saturated carbocycles. The lowest BCUT2D eigenvalue weighted by molar-refractivity contribution is -0.121. The highest BCUT2D eigenvalue weighted by molar-refractivity contribution is 5.83. The first-order chi connectivity index (χ1) is 5.24. The number of ketones is 1. The summed E-state index contributed by atoms with van der Waals surface area (Å²) in [4.78, 5) is 13.4. The monoisotopic (exact) mass is 155 g/mol. The van der Waals surface area contributed by atoms with E-state index in [9.17, 15) is 4.79 Å². The van der Waals surface area contributed by atoms with Crippen molar-refractivity contribution in [3.8, 4) is 0 Å². The minimum Gasteiger partial charge on any atom is -0.306 e. The Labute approximate surface area is 68.6 Å². The van der Waals surface area contributed by atoms with E-state index in [0.29, 0.717) is 11.7 Å². The number of nitrogens with zero attached hydrogens (tertiary/aromatic N) is 1. The zero-order valence-corrected chi connectivity index (χ0v) is 7.47. The number of hydrogen-bond acceptors (Lipinski definition) is 2. The molecule has 0 heterocycles. The number of carbonyl (C=O) groups excluding carboxylic acids is 1. The summed E-state index contributed by atoms with van der Waals surface area (Å²) in [5.74, 6) is 0.824. The van der Waals surface area contributed by atoms with E-state index < -0.39 is 0 Å². The van der Waals surface area contributed by atoms with E-state index in [1.165, 1.54) is 0 Å². The van der Waals surface area contributed by atoms with Crippen LogP contribution >= 0.6 is 0 Å². The topological polar surface area (TPSA) is 20.3 Å². The van der Waals surface area contributed by atoms with E-state index in [4.69, 9.17) is 0 Å². The zero-order valence-electron chi connectivity index (χ0n) is 7.47. The molecule has 1 fully saturated rings. The molecule has 0 aromatic heterocycles. The van der Waals surface area contributed by atoms with Crippen molar-refractivity contribution in [2.24, 2.45) is 5.92 Å². The highest BCUT2D eigenvalue weighted by atomic mass is 16.1. The summed E-state index contributed by atoms with van der Waals surface area (Å²) in [6.45, 7) is 4.14. The Hall–Kier alpha value is -0.370. The molecule has 1 aliphatic carbocycles. The lowest BCUT2D eigenvalue weighted by Crippen LogP contribution is -2.27. The summed E-state index contributed by atoms with van der Waals surface area (Å²) in [6.07, 6.45) is 3.05. The lowest BCUT2D eigenvalue weighted by Gasteiger charge is -2.17. The molecule has 1 rings (SSSR count). The van der Waals surface area contributed by atoms with E-state index >= 15 is 0 Å². The average Bonchev–Trinajstić information content (AvgIpc) is 2.37. The molecule has 0 N–H and O–H groups in total. The molecule has 0 saturated heterocycles. The van der Waals surface area contributed by atoms with Gasteiger partial charge in [-0.1, -0.05) is 6.92 Å². The Morgan fingerprint density at radius 2 is 2.36 bits per heavy atom. The van der Waals surface area contributed by atoms with Crippen molar-refractivity contribution in [2.45, 2.75) is 26.2 Å². The average molecular weight is 155 g/mol. The van der Waals surface area contributed by atoms with Gasteiger partial charge in [0.15, 0.2) is 0 Å². The molecule has 0 spiro atoms. The van der Waals surface area contributed by atoms with Gasteiger partial charge in [0.25, 0.3) is 0 Å². The van der Waals surface area contributed by atoms with Crippen LogP contribution in [0, 0.1) is 5.92 Å². The first kappa shape index (κ1) is 8.72. The van der Waals surface area contributed by atoms with E-state index in [-0.39, 0.29) is 0 Å². The van der Waals surface area contributed by atoms with Crippen LogP contribution in [0.4, 0.5) is 0 Å². The van der Waals surface area contributed by atoms with Gasteiger partial charge in [-0.05, 0) is 26.4 Å². The Morgan fingerprint density at radius 1 is 1.64 bits per heavy atom. The van der Waals surface area contributed by atoms with Crippen LogP contribution in [-0.2, 0) is 4.79 Å². The smallest absolute Gasteiger partial charge is 0.137 e. The second kappa shape index (κ2) is 3.86. The van der Waals surface area contributed by atoms with Crippen LogP contribution in [0.3, 0.4) is 0 Å². The molecule has 0 aliphatic heterocycles. The number of Topliss-reactive ketones (excluding diaryl/α,β-unsaturated/α-hetero) is 1. The van der Waals surface area contributed by atoms with Crippen LogP contribution in [-0.4, -0.2) is 30.8 Å². The van der Waals surface area contributed by atoms with Gasteiger partial charge in [-0.2, -0.15) is 0 Å². The number of rotatable bonds is 3. The van der Waals surface area contributed by atoms with E-state index in [1.54, 1.807) is 0 Å². The van der Waals surface area contributed by atoms with Gasteiger partial charge < -0.3 is 4.90 Å². The maximum atomic E-state index is 11.2. The van der Waals surface area contributed by atoms with Crippen LogP contribution in [0.5, 0.6) is 0 Å². The third kappa shape index (κ3) is 2.29. The molecule has 64 valence electrons. The van der Waals surface area contributed by atoms with Crippen LogP contribution in [0.1, 0.15) is 26.2 Å². The van der Waals surface area contributed by atoms with Gasteiger partial charge in [-0.3, -0.25) is 4.79 Å². The largest absolute Gasteiger partial charge is 0.306 e. The highest BCUT2D eigenvalue weighted by Crippen LogP contribution is 2.21. The molecule has 0 aromatic carbocycles. The highest BCUT2D eigenvalue weighted by Gasteiger charge is 2.24. The summed E-state index contributed by atoms with van der Waals surface area (Å²) in [7, 11) is 2.08. The minimum atomic E-state index is 0.347. The molecule has 1 aliphatic rings. The fourth-order valence-electron chi connectivity index (χ4n) is 1.59. The van der Waals surface area contributed by atoms with E-state index in [1.807, 2.05) is 0 Å². The fourth-order valence-corrected chi connectivity index (χ4v) is 1.59. The van der Waals surface area contributed by atoms with Gasteiger partial charge >= 0.3 is 0 Å². The molecule has 0 radical (unpaired) electrons. The van der Waals surface area contributed by atoms with Gasteiger partial charge in [0.05, 0.1) is 0 Å². The van der Waals surface area contributed by atoms with Gasteiger partial charge in [-0.15, -0.1) is 0 Å². The summed E-state index contributed by atoms with van der Waals surface area (Å²) in [6, 6.07) is 0. The third-order valence-corrected chi connectivity index (χ3v) is 2.50. The van der Waals surface area contributed by atoms with Crippen molar-refractivity contribution >= 4 is 5.78 Å². The molecule has 1 atom stereocenters. The fraction of sp³-hybridized carbons (Fsp3) is 0.889. The summed E-state index contributed by atoms with van der Waals surface area (Å²) >= 11 is 0. The number of hydrogen-bond donors (Lipinski definition) is 0. The van der Waals surface area contributed by atoms with Crippen LogP contribution in [0.15, 0.2) is 0 Å². The second-order valence-corrected chi connectivity index (χ2v) is 3.41. The Kier molecular flexibility index (Phi) is 3.06. The third-order valence-electron chi connectivity index (χ3n) is 2.50. The molecule has 0 amide bonds. The summed E-state index contributed by atoms with van der Waals surface area (Å²) in [5, 5.41) is 0. The van der Waals surface area contributed by atoms with Crippen molar-refractivity contribution in [3.63, 3.8) is 0 Å². The zero-order chi connectivity index (χ0) is 8.27. The SMILES string of the molecule is CCN(C)CC1CCCC1=O. The van der Waals surface area contributed by atoms with Crippen molar-refractivity contribution in [1.29, 1.82) is 0 Å². The Morgan fingerprint density at radius 3 is 2.82 bits per heavy atom. The van der Waals surface area contributed by atoms with E-state index in [2.05, 4.69) is 18.9 Å². The van der Waals surface area contributed by atoms with Crippen LogP contribution < -0.4 is 0 Å². The molecule has 2 nitrogen and oxygen atoms in total. The van der Waals surface area contributed by atoms with Crippen molar-refractivity contribution in [1.82, 2.24) is 4.90 Å². The van der Waals surface area contributed by atoms with Gasteiger partial charge in [-0.25, -0.2) is 0 Å². The van der Waals surface area contributed by atoms with Crippen molar-refractivity contribution in [3.05, 3.63) is 0 Å². The second-order valence-electron chi connectivity index (χ2n) is 3.41. The van der Waals surface area contributed by atoms with Gasteiger partial charge in [0, 0.05) is 18.9 Å². The Bertz CT molecular complexity index is 144. The molecular formula is C9H17NO. The summed E-state index contributed by atoms with van der Waals surface area (Å²) < 4.78 is 0. The molecule has 1 unspecified atom stereocenters. The summed E-state index contributed by atoms with van der Waals surface area (Å²) in [5.41, 5.74) is 0. The van der Waals surface area contributed by atoms with E-state index in [0.717, 1.165) is 32.4 Å².